The third-order valence-electron chi connectivity index (χ3n) is 6.95. The lowest BCUT2D eigenvalue weighted by Crippen LogP contribution is -2.42. The summed E-state index contributed by atoms with van der Waals surface area (Å²) < 4.78 is 20.3. The average Bonchev–Trinajstić information content (AvgIpc) is 3.05. The highest BCUT2D eigenvalue weighted by Gasteiger charge is 2.44. The summed E-state index contributed by atoms with van der Waals surface area (Å²) in [6, 6.07) is 0. The lowest BCUT2D eigenvalue weighted by atomic mass is 10.1. The fourth-order valence-electron chi connectivity index (χ4n) is 5.07. The maximum atomic E-state index is 6.76. The first-order valence-corrected chi connectivity index (χ1v) is 16.1. The molecule has 0 aromatic carbocycles. The van der Waals surface area contributed by atoms with E-state index in [4.69, 9.17) is 13.3 Å². The zero-order valence-corrected chi connectivity index (χ0v) is 21.8. The maximum Gasteiger partial charge on any atom is 0.695 e. The van der Waals surface area contributed by atoms with Crippen LogP contribution in [-0.2, 0) is 13.3 Å². The van der Waals surface area contributed by atoms with E-state index in [9.17, 15) is 0 Å². The predicted octanol–water partition coefficient (Wildman–Crippen LogP) is 9.49. The van der Waals surface area contributed by atoms with Crippen molar-refractivity contribution in [2.45, 2.75) is 141 Å². The first kappa shape index (κ1) is 25.5. The van der Waals surface area contributed by atoms with Gasteiger partial charge in [0.05, 0.1) is 17.3 Å². The quantitative estimate of drug-likeness (QED) is 0.369. The van der Waals surface area contributed by atoms with Crippen molar-refractivity contribution in [1.82, 2.24) is 0 Å². The molecule has 0 atom stereocenters. The molecule has 32 heavy (non-hydrogen) atoms. The highest BCUT2D eigenvalue weighted by Crippen LogP contribution is 2.30. The van der Waals surface area contributed by atoms with Crippen LogP contribution in [0.25, 0.3) is 0 Å². The number of hydrogen-bond donors (Lipinski definition) is 0. The molecule has 0 unspecified atom stereocenters. The molecule has 182 valence electrons. The maximum absolute atomic E-state index is 6.76. The molecule has 0 fully saturated rings. The van der Waals surface area contributed by atoms with Gasteiger partial charge in [-0.1, -0.05) is 57.8 Å². The Hall–Kier alpha value is -1.16. The van der Waals surface area contributed by atoms with Gasteiger partial charge in [0.1, 0.15) is 0 Å². The molecular weight excluding hydrogens is 412 g/mol. The van der Waals surface area contributed by atoms with Crippen LogP contribution in [-0.4, -0.2) is 8.80 Å². The Kier molecular flexibility index (Phi) is 11.8. The van der Waals surface area contributed by atoms with Crippen LogP contribution in [0.2, 0.25) is 6.55 Å². The molecule has 0 heterocycles. The number of rotatable bonds is 6. The fraction of sp³-hybridized carbons (Fsp3) is 0.786. The molecule has 3 rings (SSSR count). The molecule has 0 radical (unpaired) electrons. The molecule has 3 aliphatic rings. The fourth-order valence-corrected chi connectivity index (χ4v) is 7.18. The van der Waals surface area contributed by atoms with Crippen molar-refractivity contribution < 1.29 is 13.3 Å². The molecular formula is C28H48O3Si. The van der Waals surface area contributed by atoms with E-state index in [2.05, 4.69) is 24.8 Å². The number of allylic oxidation sites excluding steroid dienone is 6. The molecule has 0 aliphatic heterocycles. The Labute approximate surface area is 199 Å². The Bertz CT molecular complexity index is 539. The van der Waals surface area contributed by atoms with Crippen molar-refractivity contribution in [3.05, 3.63) is 35.5 Å². The van der Waals surface area contributed by atoms with Crippen molar-refractivity contribution in [1.29, 1.82) is 0 Å². The molecule has 0 bridgehead atoms. The molecule has 3 nitrogen and oxygen atoms in total. The highest BCUT2D eigenvalue weighted by atomic mass is 28.4. The summed E-state index contributed by atoms with van der Waals surface area (Å²) in [6.45, 7) is 2.14. The van der Waals surface area contributed by atoms with Crippen LogP contribution in [0.15, 0.2) is 35.5 Å². The van der Waals surface area contributed by atoms with Gasteiger partial charge in [-0.3, -0.25) is 0 Å². The largest absolute Gasteiger partial charge is 0.695 e. The Balaban J connectivity index is 1.75. The van der Waals surface area contributed by atoms with Gasteiger partial charge >= 0.3 is 8.80 Å². The second-order valence-corrected chi connectivity index (χ2v) is 12.4. The van der Waals surface area contributed by atoms with Crippen LogP contribution in [0, 0.1) is 0 Å². The normalized spacial score (nSPS) is 27.8. The first-order valence-electron chi connectivity index (χ1n) is 13.9. The summed E-state index contributed by atoms with van der Waals surface area (Å²) in [4.78, 5) is 0. The minimum Gasteiger partial charge on any atom is -0.488 e. The van der Waals surface area contributed by atoms with Crippen LogP contribution in [0.3, 0.4) is 0 Å². The minimum atomic E-state index is -2.88. The zero-order valence-electron chi connectivity index (χ0n) is 20.8. The van der Waals surface area contributed by atoms with Gasteiger partial charge in [0.25, 0.3) is 0 Å². The van der Waals surface area contributed by atoms with E-state index in [-0.39, 0.29) is 0 Å². The average molecular weight is 461 g/mol. The second-order valence-electron chi connectivity index (χ2n) is 10.1. The topological polar surface area (TPSA) is 27.7 Å². The molecule has 0 saturated heterocycles. The molecule has 0 aromatic heterocycles. The van der Waals surface area contributed by atoms with Gasteiger partial charge in [-0.2, -0.15) is 0 Å². The van der Waals surface area contributed by atoms with E-state index in [0.29, 0.717) is 0 Å². The first-order chi connectivity index (χ1) is 15.7. The molecule has 0 spiro atoms. The van der Waals surface area contributed by atoms with Crippen LogP contribution in [0.5, 0.6) is 0 Å². The van der Waals surface area contributed by atoms with Crippen molar-refractivity contribution in [2.24, 2.45) is 0 Å². The van der Waals surface area contributed by atoms with Crippen LogP contribution < -0.4 is 0 Å². The van der Waals surface area contributed by atoms with E-state index < -0.39 is 8.80 Å². The lowest BCUT2D eigenvalue weighted by Gasteiger charge is -2.31. The Morgan fingerprint density at radius 3 is 1.06 bits per heavy atom. The van der Waals surface area contributed by atoms with Gasteiger partial charge in [0.15, 0.2) is 0 Å². The SMILES string of the molecule is C[Si](O/C1=C/CCCCCCC1)(O/C1=C/CCCCCCC1)O/C1=C/CCCCCCC1. The standard InChI is InChI=1S/C28H48O3Si/c1-32(29-26-20-14-8-2-3-9-15-21-26,30-27-22-16-10-4-5-11-17-23-27)31-28-24-18-12-6-7-13-19-25-28/h20,22,24H,2-19,21,23,25H2,1H3/b26-20+,27-22+,28-24+. The molecule has 0 aromatic rings. The summed E-state index contributed by atoms with van der Waals surface area (Å²) in [5, 5.41) is 0. The minimum absolute atomic E-state index is 1.02. The second kappa shape index (κ2) is 14.9. The molecule has 3 aliphatic carbocycles. The zero-order chi connectivity index (χ0) is 22.3. The third-order valence-corrected chi connectivity index (χ3v) is 8.85. The Morgan fingerprint density at radius 2 is 0.719 bits per heavy atom. The third kappa shape index (κ3) is 10.2. The molecule has 0 saturated carbocycles. The van der Waals surface area contributed by atoms with Crippen LogP contribution >= 0.6 is 0 Å². The monoisotopic (exact) mass is 460 g/mol. The van der Waals surface area contributed by atoms with Gasteiger partial charge in [0.2, 0.25) is 0 Å². The predicted molar refractivity (Wildman–Crippen MR) is 136 cm³/mol. The van der Waals surface area contributed by atoms with E-state index in [1.165, 1.54) is 96.3 Å². The van der Waals surface area contributed by atoms with Gasteiger partial charge in [0, 0.05) is 25.8 Å². The van der Waals surface area contributed by atoms with Gasteiger partial charge in [-0.05, 0) is 76.0 Å². The van der Waals surface area contributed by atoms with Crippen molar-refractivity contribution >= 4 is 8.80 Å². The van der Waals surface area contributed by atoms with Crippen molar-refractivity contribution in [3.63, 3.8) is 0 Å². The van der Waals surface area contributed by atoms with E-state index >= 15 is 0 Å². The molecule has 0 amide bonds. The molecule has 4 heteroatoms. The van der Waals surface area contributed by atoms with Crippen molar-refractivity contribution in [2.75, 3.05) is 0 Å². The summed E-state index contributed by atoms with van der Waals surface area (Å²) in [5.74, 6) is 3.36. The van der Waals surface area contributed by atoms with E-state index in [0.717, 1.165) is 55.8 Å². The lowest BCUT2D eigenvalue weighted by molar-refractivity contribution is 0.137. The summed E-state index contributed by atoms with van der Waals surface area (Å²) in [7, 11) is -2.88. The summed E-state index contributed by atoms with van der Waals surface area (Å²) in [5.41, 5.74) is 0. The van der Waals surface area contributed by atoms with Gasteiger partial charge in [-0.15, -0.1) is 0 Å². The Morgan fingerprint density at radius 1 is 0.438 bits per heavy atom. The van der Waals surface area contributed by atoms with Gasteiger partial charge in [-0.25, -0.2) is 0 Å². The highest BCUT2D eigenvalue weighted by molar-refractivity contribution is 6.60. The smallest absolute Gasteiger partial charge is 0.488 e. The molecule has 0 N–H and O–H groups in total. The van der Waals surface area contributed by atoms with Crippen molar-refractivity contribution in [3.8, 4) is 0 Å². The van der Waals surface area contributed by atoms with E-state index in [1.54, 1.807) is 0 Å². The summed E-state index contributed by atoms with van der Waals surface area (Å²) in [6.07, 6.45) is 32.8. The van der Waals surface area contributed by atoms with Crippen LogP contribution in [0.1, 0.15) is 135 Å². The number of hydrogen-bond acceptors (Lipinski definition) is 3. The summed E-state index contributed by atoms with van der Waals surface area (Å²) >= 11 is 0. The van der Waals surface area contributed by atoms with E-state index in [1.807, 2.05) is 0 Å². The van der Waals surface area contributed by atoms with Crippen LogP contribution in [0.4, 0.5) is 0 Å². The van der Waals surface area contributed by atoms with Gasteiger partial charge < -0.3 is 13.3 Å².